The van der Waals surface area contributed by atoms with Crippen molar-refractivity contribution in [1.29, 1.82) is 0 Å². The summed E-state index contributed by atoms with van der Waals surface area (Å²) in [5.74, 6) is -0.376. The van der Waals surface area contributed by atoms with Crippen LogP contribution < -0.4 is 11.1 Å². The molecule has 20 heavy (non-hydrogen) atoms. The van der Waals surface area contributed by atoms with Crippen molar-refractivity contribution < 1.29 is 9.53 Å². The fourth-order valence-corrected chi connectivity index (χ4v) is 1.85. The van der Waals surface area contributed by atoms with Gasteiger partial charge in [-0.1, -0.05) is 6.07 Å². The molecule has 0 atom stereocenters. The number of nitrogen functional groups attached to an aromatic ring is 1. The Morgan fingerprint density at radius 1 is 1.45 bits per heavy atom. The quantitative estimate of drug-likeness (QED) is 0.455. The number of para-hydroxylation sites is 1. The number of rotatable bonds is 7. The van der Waals surface area contributed by atoms with Gasteiger partial charge in [0.1, 0.15) is 0 Å². The lowest BCUT2D eigenvalue weighted by Crippen LogP contribution is -2.28. The standard InChI is InChI=1S/C15H25N3O2/c1-11(2)18(3)10-6-9-17-14-12(15(19)20-4)7-5-8-13(14)16/h5,7-8,11,17H,6,9-10,16H2,1-4H3. The summed E-state index contributed by atoms with van der Waals surface area (Å²) in [7, 11) is 3.47. The van der Waals surface area contributed by atoms with Crippen LogP contribution in [0.5, 0.6) is 0 Å². The first-order valence-corrected chi connectivity index (χ1v) is 6.88. The zero-order valence-electron chi connectivity index (χ0n) is 12.8. The third kappa shape index (κ3) is 4.42. The average molecular weight is 279 g/mol. The molecule has 0 aliphatic rings. The van der Waals surface area contributed by atoms with Crippen LogP contribution in [0.4, 0.5) is 11.4 Å². The SMILES string of the molecule is COC(=O)c1cccc(N)c1NCCCN(C)C(C)C. The molecule has 0 spiro atoms. The Hall–Kier alpha value is -1.75. The van der Waals surface area contributed by atoms with E-state index in [1.807, 2.05) is 0 Å². The predicted octanol–water partition coefficient (Wildman–Crippen LogP) is 2.20. The molecule has 3 N–H and O–H groups in total. The van der Waals surface area contributed by atoms with Gasteiger partial charge in [0.25, 0.3) is 0 Å². The summed E-state index contributed by atoms with van der Waals surface area (Å²) in [6.07, 6.45) is 0.976. The van der Waals surface area contributed by atoms with Crippen molar-refractivity contribution in [2.75, 3.05) is 38.3 Å². The molecule has 0 heterocycles. The van der Waals surface area contributed by atoms with E-state index in [0.717, 1.165) is 19.5 Å². The first-order chi connectivity index (χ1) is 9.47. The summed E-state index contributed by atoms with van der Waals surface area (Å²) >= 11 is 0. The fourth-order valence-electron chi connectivity index (χ4n) is 1.85. The molecule has 5 nitrogen and oxygen atoms in total. The number of methoxy groups -OCH3 is 1. The number of carbonyl (C=O) groups is 1. The van der Waals surface area contributed by atoms with Gasteiger partial charge in [0.2, 0.25) is 0 Å². The molecule has 0 aromatic heterocycles. The molecule has 1 aromatic carbocycles. The molecule has 112 valence electrons. The van der Waals surface area contributed by atoms with Crippen molar-refractivity contribution in [3.05, 3.63) is 23.8 Å². The van der Waals surface area contributed by atoms with E-state index in [2.05, 4.69) is 31.1 Å². The van der Waals surface area contributed by atoms with Gasteiger partial charge in [0, 0.05) is 12.6 Å². The summed E-state index contributed by atoms with van der Waals surface area (Å²) in [6, 6.07) is 5.77. The minimum Gasteiger partial charge on any atom is -0.465 e. The minimum atomic E-state index is -0.376. The molecule has 0 aliphatic heterocycles. The molecule has 1 aromatic rings. The van der Waals surface area contributed by atoms with Crippen molar-refractivity contribution in [2.24, 2.45) is 0 Å². The van der Waals surface area contributed by atoms with Crippen LogP contribution in [0, 0.1) is 0 Å². The summed E-state index contributed by atoms with van der Waals surface area (Å²) < 4.78 is 4.77. The van der Waals surface area contributed by atoms with Crippen LogP contribution >= 0.6 is 0 Å². The number of hydrogen-bond acceptors (Lipinski definition) is 5. The van der Waals surface area contributed by atoms with Gasteiger partial charge < -0.3 is 20.7 Å². The first kappa shape index (κ1) is 16.3. The number of benzene rings is 1. The number of esters is 1. The lowest BCUT2D eigenvalue weighted by molar-refractivity contribution is 0.0602. The van der Waals surface area contributed by atoms with Crippen LogP contribution in [0.15, 0.2) is 18.2 Å². The van der Waals surface area contributed by atoms with Gasteiger partial charge in [-0.3, -0.25) is 0 Å². The highest BCUT2D eigenvalue weighted by Gasteiger charge is 2.13. The van der Waals surface area contributed by atoms with E-state index in [0.29, 0.717) is 23.0 Å². The highest BCUT2D eigenvalue weighted by Crippen LogP contribution is 2.24. The van der Waals surface area contributed by atoms with Crippen molar-refractivity contribution in [1.82, 2.24) is 4.90 Å². The molecular formula is C15H25N3O2. The number of nitrogens with one attached hydrogen (secondary N) is 1. The number of nitrogens with zero attached hydrogens (tertiary/aromatic N) is 1. The normalized spacial score (nSPS) is 10.9. The Kier molecular flexibility index (Phi) is 6.31. The molecule has 0 amide bonds. The van der Waals surface area contributed by atoms with Gasteiger partial charge in [-0.05, 0) is 46.0 Å². The van der Waals surface area contributed by atoms with Crippen LogP contribution in [0.1, 0.15) is 30.6 Å². The Morgan fingerprint density at radius 2 is 2.15 bits per heavy atom. The Morgan fingerprint density at radius 3 is 2.75 bits per heavy atom. The van der Waals surface area contributed by atoms with Crippen LogP contribution in [0.3, 0.4) is 0 Å². The minimum absolute atomic E-state index is 0.376. The highest BCUT2D eigenvalue weighted by atomic mass is 16.5. The van der Waals surface area contributed by atoms with E-state index in [1.165, 1.54) is 7.11 Å². The summed E-state index contributed by atoms with van der Waals surface area (Å²) in [6.45, 7) is 6.08. The molecule has 0 saturated carbocycles. The van der Waals surface area contributed by atoms with Gasteiger partial charge in [-0.2, -0.15) is 0 Å². The third-order valence-corrected chi connectivity index (χ3v) is 3.37. The second-order valence-corrected chi connectivity index (χ2v) is 5.12. The van der Waals surface area contributed by atoms with Gasteiger partial charge in [0.15, 0.2) is 0 Å². The molecule has 0 fully saturated rings. The Balaban J connectivity index is 2.61. The smallest absolute Gasteiger partial charge is 0.340 e. The second kappa shape index (κ2) is 7.75. The summed E-state index contributed by atoms with van der Waals surface area (Å²) in [5.41, 5.74) is 7.62. The molecule has 0 radical (unpaired) electrons. The lowest BCUT2D eigenvalue weighted by Gasteiger charge is -2.21. The number of carbonyl (C=O) groups excluding carboxylic acids is 1. The molecule has 0 saturated heterocycles. The largest absolute Gasteiger partial charge is 0.465 e. The highest BCUT2D eigenvalue weighted by molar-refractivity contribution is 5.98. The Bertz CT molecular complexity index is 447. The zero-order valence-corrected chi connectivity index (χ0v) is 12.8. The molecule has 1 rings (SSSR count). The van der Waals surface area contributed by atoms with E-state index in [9.17, 15) is 4.79 Å². The van der Waals surface area contributed by atoms with Crippen LogP contribution in [-0.4, -0.2) is 44.2 Å². The van der Waals surface area contributed by atoms with E-state index in [4.69, 9.17) is 10.5 Å². The fraction of sp³-hybridized carbons (Fsp3) is 0.533. The lowest BCUT2D eigenvalue weighted by atomic mass is 10.1. The van der Waals surface area contributed by atoms with Gasteiger partial charge in [0.05, 0.1) is 24.0 Å². The van der Waals surface area contributed by atoms with Gasteiger partial charge in [-0.25, -0.2) is 4.79 Å². The molecular weight excluding hydrogens is 254 g/mol. The van der Waals surface area contributed by atoms with Crippen LogP contribution in [0.25, 0.3) is 0 Å². The van der Waals surface area contributed by atoms with Crippen LogP contribution in [-0.2, 0) is 4.74 Å². The van der Waals surface area contributed by atoms with Gasteiger partial charge in [-0.15, -0.1) is 0 Å². The summed E-state index contributed by atoms with van der Waals surface area (Å²) in [4.78, 5) is 14.0. The number of anilines is 2. The number of hydrogen-bond donors (Lipinski definition) is 2. The molecule has 5 heteroatoms. The van der Waals surface area contributed by atoms with Crippen molar-refractivity contribution >= 4 is 17.3 Å². The average Bonchev–Trinajstić information content (AvgIpc) is 2.43. The van der Waals surface area contributed by atoms with E-state index < -0.39 is 0 Å². The molecule has 0 bridgehead atoms. The third-order valence-electron chi connectivity index (χ3n) is 3.37. The van der Waals surface area contributed by atoms with Crippen molar-refractivity contribution in [2.45, 2.75) is 26.3 Å². The second-order valence-electron chi connectivity index (χ2n) is 5.12. The predicted molar refractivity (Wildman–Crippen MR) is 83.1 cm³/mol. The van der Waals surface area contributed by atoms with Crippen molar-refractivity contribution in [3.63, 3.8) is 0 Å². The first-order valence-electron chi connectivity index (χ1n) is 6.88. The molecule has 0 unspecified atom stereocenters. The maximum atomic E-state index is 11.7. The Labute approximate surface area is 121 Å². The topological polar surface area (TPSA) is 67.6 Å². The molecule has 0 aliphatic carbocycles. The van der Waals surface area contributed by atoms with E-state index in [1.54, 1.807) is 18.2 Å². The van der Waals surface area contributed by atoms with Crippen molar-refractivity contribution in [3.8, 4) is 0 Å². The maximum absolute atomic E-state index is 11.7. The summed E-state index contributed by atoms with van der Waals surface area (Å²) in [5, 5.41) is 3.24. The zero-order chi connectivity index (χ0) is 15.1. The van der Waals surface area contributed by atoms with E-state index in [-0.39, 0.29) is 5.97 Å². The maximum Gasteiger partial charge on any atom is 0.340 e. The monoisotopic (exact) mass is 279 g/mol. The number of ether oxygens (including phenoxy) is 1. The van der Waals surface area contributed by atoms with Crippen LogP contribution in [0.2, 0.25) is 0 Å². The number of nitrogens with two attached hydrogens (primary N) is 1. The van der Waals surface area contributed by atoms with E-state index >= 15 is 0 Å². The van der Waals surface area contributed by atoms with Gasteiger partial charge >= 0.3 is 5.97 Å².